The summed E-state index contributed by atoms with van der Waals surface area (Å²) in [6, 6.07) is 17.4. The molecular weight excluding hydrogens is 476 g/mol. The third-order valence-electron chi connectivity index (χ3n) is 5.99. The zero-order chi connectivity index (χ0) is 26.5. The lowest BCUT2D eigenvalue weighted by Gasteiger charge is -2.25. The maximum absolute atomic E-state index is 14.0. The van der Waals surface area contributed by atoms with Gasteiger partial charge in [0.15, 0.2) is 11.5 Å². The molecule has 192 valence electrons. The molecule has 0 spiro atoms. The van der Waals surface area contributed by atoms with Gasteiger partial charge in [-0.05, 0) is 48.5 Å². The van der Waals surface area contributed by atoms with Crippen molar-refractivity contribution in [3.8, 4) is 28.7 Å². The average Bonchev–Trinajstić information content (AvgIpc) is 2.94. The van der Waals surface area contributed by atoms with Gasteiger partial charge in [-0.3, -0.25) is 9.59 Å². The number of hydrogen-bond donors (Lipinski definition) is 1. The number of nitrogens with zero attached hydrogens (tertiary/aromatic N) is 1. The average molecular weight is 505 g/mol. The number of amides is 1. The third-order valence-corrected chi connectivity index (χ3v) is 5.99. The summed E-state index contributed by atoms with van der Waals surface area (Å²) in [5.41, 5.74) is 1.50. The zero-order valence-electron chi connectivity index (χ0n) is 21.3. The molecule has 0 unspecified atom stereocenters. The number of aromatic nitrogens is 1. The van der Waals surface area contributed by atoms with Gasteiger partial charge in [0, 0.05) is 22.0 Å². The number of hydrogen-bond acceptors (Lipinski definition) is 7. The second kappa shape index (κ2) is 10.9. The Kier molecular flexibility index (Phi) is 7.52. The smallest absolute Gasteiger partial charge is 0.258 e. The molecule has 0 aliphatic rings. The first-order valence-corrected chi connectivity index (χ1v) is 11.4. The van der Waals surface area contributed by atoms with Crippen LogP contribution < -0.4 is 34.1 Å². The van der Waals surface area contributed by atoms with Crippen LogP contribution in [0, 0.1) is 0 Å². The van der Waals surface area contributed by atoms with E-state index in [9.17, 15) is 9.59 Å². The van der Waals surface area contributed by atoms with Crippen LogP contribution in [0.3, 0.4) is 0 Å². The van der Waals surface area contributed by atoms with E-state index in [4.69, 9.17) is 23.7 Å². The van der Waals surface area contributed by atoms with Gasteiger partial charge in [-0.2, -0.15) is 0 Å². The fourth-order valence-corrected chi connectivity index (χ4v) is 4.12. The molecule has 1 N–H and O–H groups in total. The number of nitrogens with one attached hydrogen (secondary N) is 1. The molecule has 3 aromatic carbocycles. The molecule has 0 aliphatic heterocycles. The van der Waals surface area contributed by atoms with Crippen molar-refractivity contribution in [1.82, 2.24) is 4.98 Å². The summed E-state index contributed by atoms with van der Waals surface area (Å²) in [5.74, 6) is 1.77. The highest BCUT2D eigenvalue weighted by Gasteiger charge is 2.25. The molecular formula is C28H28N2O7. The lowest BCUT2D eigenvalue weighted by molar-refractivity contribution is 0.0983. The van der Waals surface area contributed by atoms with Crippen LogP contribution in [-0.4, -0.2) is 46.4 Å². The van der Waals surface area contributed by atoms with Crippen LogP contribution in [0.5, 0.6) is 28.7 Å². The van der Waals surface area contributed by atoms with Crippen molar-refractivity contribution in [2.24, 2.45) is 0 Å². The van der Waals surface area contributed by atoms with Gasteiger partial charge in [0.05, 0.1) is 47.8 Å². The molecule has 4 aromatic rings. The summed E-state index contributed by atoms with van der Waals surface area (Å²) >= 11 is 0. The lowest BCUT2D eigenvalue weighted by atomic mass is 10.1. The highest BCUT2D eigenvalue weighted by Crippen LogP contribution is 2.39. The van der Waals surface area contributed by atoms with Crippen LogP contribution in [0.4, 0.5) is 5.69 Å². The first kappa shape index (κ1) is 25.4. The van der Waals surface area contributed by atoms with Crippen molar-refractivity contribution in [2.45, 2.75) is 6.54 Å². The Balaban J connectivity index is 1.86. The van der Waals surface area contributed by atoms with E-state index >= 15 is 0 Å². The molecule has 0 aliphatic carbocycles. The Morgan fingerprint density at radius 2 is 1.46 bits per heavy atom. The third kappa shape index (κ3) is 5.02. The summed E-state index contributed by atoms with van der Waals surface area (Å²) in [4.78, 5) is 31.4. The van der Waals surface area contributed by atoms with Crippen molar-refractivity contribution in [1.29, 1.82) is 0 Å². The van der Waals surface area contributed by atoms with Crippen molar-refractivity contribution >= 4 is 22.5 Å². The lowest BCUT2D eigenvalue weighted by Crippen LogP contribution is -2.33. The van der Waals surface area contributed by atoms with Gasteiger partial charge < -0.3 is 33.6 Å². The molecule has 9 heteroatoms. The van der Waals surface area contributed by atoms with Crippen molar-refractivity contribution in [3.05, 3.63) is 82.1 Å². The topological polar surface area (TPSA) is 99.3 Å². The van der Waals surface area contributed by atoms with E-state index in [1.165, 1.54) is 33.3 Å². The second-order valence-corrected chi connectivity index (χ2v) is 8.05. The van der Waals surface area contributed by atoms with E-state index in [2.05, 4.69) is 4.98 Å². The Bertz CT molecular complexity index is 1470. The summed E-state index contributed by atoms with van der Waals surface area (Å²) in [6.07, 6.45) is 0. The number of pyridine rings is 1. The molecule has 0 fully saturated rings. The van der Waals surface area contributed by atoms with Crippen LogP contribution in [0.1, 0.15) is 15.9 Å². The molecule has 0 atom stereocenters. The van der Waals surface area contributed by atoms with E-state index < -0.39 is 5.91 Å². The number of para-hydroxylation sites is 2. The molecule has 0 saturated heterocycles. The van der Waals surface area contributed by atoms with Crippen LogP contribution in [-0.2, 0) is 6.54 Å². The first-order chi connectivity index (χ1) is 17.9. The predicted octanol–water partition coefficient (Wildman–Crippen LogP) is 4.42. The number of fused-ring (bicyclic) bond motifs is 1. The molecule has 0 saturated carbocycles. The normalized spacial score (nSPS) is 10.6. The minimum Gasteiger partial charge on any atom is -0.497 e. The number of benzene rings is 3. The molecule has 0 bridgehead atoms. The highest BCUT2D eigenvalue weighted by molar-refractivity contribution is 6.07. The maximum atomic E-state index is 14.0. The largest absolute Gasteiger partial charge is 0.497 e. The van der Waals surface area contributed by atoms with Gasteiger partial charge in [0.25, 0.3) is 11.5 Å². The van der Waals surface area contributed by atoms with E-state index in [1.54, 1.807) is 61.7 Å². The molecule has 0 radical (unpaired) electrons. The number of rotatable bonds is 9. The monoisotopic (exact) mass is 504 g/mol. The van der Waals surface area contributed by atoms with E-state index in [-0.39, 0.29) is 17.7 Å². The fraction of sp³-hybridized carbons (Fsp3) is 0.214. The highest BCUT2D eigenvalue weighted by atomic mass is 16.5. The fourth-order valence-electron chi connectivity index (χ4n) is 4.12. The number of ether oxygens (including phenoxy) is 5. The van der Waals surface area contributed by atoms with Crippen molar-refractivity contribution in [3.63, 3.8) is 0 Å². The van der Waals surface area contributed by atoms with E-state index in [0.717, 1.165) is 5.39 Å². The second-order valence-electron chi connectivity index (χ2n) is 8.05. The minimum absolute atomic E-state index is 0.0294. The number of anilines is 1. The Morgan fingerprint density at radius 3 is 2.08 bits per heavy atom. The van der Waals surface area contributed by atoms with Crippen LogP contribution >= 0.6 is 0 Å². The summed E-state index contributed by atoms with van der Waals surface area (Å²) < 4.78 is 27.1. The van der Waals surface area contributed by atoms with Gasteiger partial charge in [-0.1, -0.05) is 12.1 Å². The number of methoxy groups -OCH3 is 5. The van der Waals surface area contributed by atoms with Gasteiger partial charge in [0.2, 0.25) is 5.75 Å². The van der Waals surface area contributed by atoms with Crippen LogP contribution in [0.2, 0.25) is 0 Å². The van der Waals surface area contributed by atoms with Crippen molar-refractivity contribution < 1.29 is 28.5 Å². The number of H-pyrrole nitrogens is 1. The molecule has 37 heavy (non-hydrogen) atoms. The van der Waals surface area contributed by atoms with Gasteiger partial charge in [0.1, 0.15) is 11.5 Å². The number of carbonyl (C=O) groups is 1. The van der Waals surface area contributed by atoms with E-state index in [1.807, 2.05) is 6.07 Å². The SMILES string of the molecule is COc1ccc2[nH]c(=O)c(CN(C(=O)c3cc(OC)c(OC)c(OC)c3)c3ccccc3OC)cc2c1. The Labute approximate surface area is 214 Å². The summed E-state index contributed by atoms with van der Waals surface area (Å²) in [6.45, 7) is -0.0294. The molecule has 1 heterocycles. The summed E-state index contributed by atoms with van der Waals surface area (Å²) in [7, 11) is 7.55. The first-order valence-electron chi connectivity index (χ1n) is 11.4. The van der Waals surface area contributed by atoms with Crippen LogP contribution in [0.25, 0.3) is 10.9 Å². The van der Waals surface area contributed by atoms with Gasteiger partial charge in [-0.15, -0.1) is 0 Å². The van der Waals surface area contributed by atoms with Gasteiger partial charge >= 0.3 is 0 Å². The molecule has 4 rings (SSSR count). The van der Waals surface area contributed by atoms with Crippen LogP contribution in [0.15, 0.2) is 65.5 Å². The Morgan fingerprint density at radius 1 is 0.784 bits per heavy atom. The van der Waals surface area contributed by atoms with Crippen molar-refractivity contribution in [2.75, 3.05) is 40.4 Å². The quantitative estimate of drug-likeness (QED) is 0.360. The standard InChI is InChI=1S/C28H28N2O7/c1-33-20-10-11-21-17(13-20)12-19(27(31)29-21)16-30(22-8-6-7-9-23(22)34-2)28(32)18-14-24(35-3)26(37-5)25(15-18)36-4/h6-15H,16H2,1-5H3,(H,29,31). The number of carbonyl (C=O) groups excluding carboxylic acids is 1. The van der Waals surface area contributed by atoms with Gasteiger partial charge in [-0.25, -0.2) is 0 Å². The number of aromatic amines is 1. The molecule has 9 nitrogen and oxygen atoms in total. The maximum Gasteiger partial charge on any atom is 0.258 e. The van der Waals surface area contributed by atoms with E-state index in [0.29, 0.717) is 45.5 Å². The summed E-state index contributed by atoms with van der Waals surface area (Å²) in [5, 5.41) is 0.772. The Hall–Kier alpha value is -4.66. The molecule has 1 amide bonds. The minimum atomic E-state index is -0.395. The zero-order valence-corrected chi connectivity index (χ0v) is 21.3. The molecule has 1 aromatic heterocycles. The predicted molar refractivity (Wildman–Crippen MR) is 141 cm³/mol.